The van der Waals surface area contributed by atoms with Crippen LogP contribution in [0.3, 0.4) is 0 Å². The van der Waals surface area contributed by atoms with Gasteiger partial charge in [0.05, 0.1) is 20.8 Å². The van der Waals surface area contributed by atoms with Crippen molar-refractivity contribution in [1.82, 2.24) is 9.80 Å². The van der Waals surface area contributed by atoms with Crippen molar-refractivity contribution in [2.24, 2.45) is 0 Å². The first kappa shape index (κ1) is 21.3. The van der Waals surface area contributed by atoms with Gasteiger partial charge in [0.1, 0.15) is 12.4 Å². The van der Waals surface area contributed by atoms with Crippen LogP contribution in [0.1, 0.15) is 11.1 Å². The molecule has 6 nitrogen and oxygen atoms in total. The van der Waals surface area contributed by atoms with Crippen LogP contribution in [0, 0.1) is 0 Å². The molecule has 1 heterocycles. The number of methoxy groups -OCH3 is 2. The lowest BCUT2D eigenvalue weighted by atomic mass is 9.98. The zero-order valence-corrected chi connectivity index (χ0v) is 17.9. The first-order valence-electron chi connectivity index (χ1n) is 9.58. The highest BCUT2D eigenvalue weighted by molar-refractivity contribution is 6.30. The highest BCUT2D eigenvalue weighted by atomic mass is 35.5. The number of amides is 1. The molecule has 29 heavy (non-hydrogen) atoms. The number of nitrogens with zero attached hydrogens (tertiary/aromatic N) is 2. The van der Waals surface area contributed by atoms with E-state index in [4.69, 9.17) is 25.8 Å². The van der Waals surface area contributed by atoms with E-state index in [1.165, 1.54) is 5.56 Å². The average Bonchev–Trinajstić information content (AvgIpc) is 2.73. The number of rotatable bonds is 8. The Morgan fingerprint density at radius 2 is 1.76 bits per heavy atom. The van der Waals surface area contributed by atoms with Crippen molar-refractivity contribution in [2.75, 3.05) is 47.5 Å². The van der Waals surface area contributed by atoms with E-state index in [9.17, 15) is 4.79 Å². The molecule has 3 rings (SSSR count). The Labute approximate surface area is 176 Å². The molecule has 0 N–H and O–H groups in total. The van der Waals surface area contributed by atoms with Crippen molar-refractivity contribution in [3.63, 3.8) is 0 Å². The number of carbonyl (C=O) groups is 1. The number of carbonyl (C=O) groups excluding carboxylic acids is 1. The smallest absolute Gasteiger partial charge is 0.237 e. The number of likely N-dealkylation sites (N-methyl/N-ethyl adjacent to an activating group) is 1. The van der Waals surface area contributed by atoms with E-state index in [0.29, 0.717) is 43.6 Å². The molecule has 1 aliphatic heterocycles. The van der Waals surface area contributed by atoms with Gasteiger partial charge in [-0.3, -0.25) is 9.69 Å². The molecule has 0 saturated heterocycles. The quantitative estimate of drug-likeness (QED) is 0.658. The van der Waals surface area contributed by atoms with Gasteiger partial charge < -0.3 is 19.1 Å². The van der Waals surface area contributed by atoms with Crippen molar-refractivity contribution < 1.29 is 19.0 Å². The highest BCUT2D eigenvalue weighted by Gasteiger charge is 2.23. The Kier molecular flexibility index (Phi) is 7.23. The zero-order valence-electron chi connectivity index (χ0n) is 17.1. The lowest BCUT2D eigenvalue weighted by Gasteiger charge is -2.31. The first-order valence-corrected chi connectivity index (χ1v) is 9.96. The highest BCUT2D eigenvalue weighted by Crippen LogP contribution is 2.33. The van der Waals surface area contributed by atoms with E-state index in [-0.39, 0.29) is 5.91 Å². The number of benzene rings is 2. The molecule has 156 valence electrons. The second-order valence-electron chi connectivity index (χ2n) is 7.08. The van der Waals surface area contributed by atoms with E-state index in [0.717, 1.165) is 23.5 Å². The Morgan fingerprint density at radius 1 is 1.10 bits per heavy atom. The Morgan fingerprint density at radius 3 is 2.41 bits per heavy atom. The van der Waals surface area contributed by atoms with E-state index in [1.807, 2.05) is 41.1 Å². The van der Waals surface area contributed by atoms with Crippen LogP contribution < -0.4 is 14.2 Å². The zero-order chi connectivity index (χ0) is 20.8. The van der Waals surface area contributed by atoms with Gasteiger partial charge in [0.25, 0.3) is 0 Å². The lowest BCUT2D eigenvalue weighted by molar-refractivity contribution is -0.133. The van der Waals surface area contributed by atoms with Crippen molar-refractivity contribution in [3.8, 4) is 17.2 Å². The third kappa shape index (κ3) is 5.55. The molecule has 0 aromatic heterocycles. The van der Waals surface area contributed by atoms with Crippen molar-refractivity contribution >= 4 is 17.5 Å². The number of hydrogen-bond acceptors (Lipinski definition) is 5. The monoisotopic (exact) mass is 418 g/mol. The van der Waals surface area contributed by atoms with Gasteiger partial charge in [-0.15, -0.1) is 0 Å². The molecular formula is C22H27ClN2O4. The van der Waals surface area contributed by atoms with Crippen molar-refractivity contribution in [1.29, 1.82) is 0 Å². The summed E-state index contributed by atoms with van der Waals surface area (Å²) in [5.41, 5.74) is 2.31. The maximum Gasteiger partial charge on any atom is 0.237 e. The minimum absolute atomic E-state index is 0.111. The molecule has 0 radical (unpaired) electrons. The molecule has 7 heteroatoms. The van der Waals surface area contributed by atoms with Crippen LogP contribution in [0.5, 0.6) is 17.2 Å². The first-order chi connectivity index (χ1) is 14.0. The standard InChI is InChI=1S/C22H27ClN2O4/c1-24(10-11-29-19-6-4-18(23)5-7-19)15-22(26)25-9-8-16-12-20(27-2)21(28-3)13-17(16)14-25/h4-7,12-13H,8-11,14-15H2,1-3H3. The molecule has 0 saturated carbocycles. The number of ether oxygens (including phenoxy) is 3. The largest absolute Gasteiger partial charge is 0.493 e. The normalized spacial score (nSPS) is 13.2. The van der Waals surface area contributed by atoms with Gasteiger partial charge in [0, 0.05) is 24.7 Å². The van der Waals surface area contributed by atoms with E-state index in [1.54, 1.807) is 26.4 Å². The number of halogens is 1. The third-order valence-corrected chi connectivity index (χ3v) is 5.28. The summed E-state index contributed by atoms with van der Waals surface area (Å²) < 4.78 is 16.5. The van der Waals surface area contributed by atoms with Crippen LogP contribution in [-0.2, 0) is 17.8 Å². The predicted molar refractivity (Wildman–Crippen MR) is 113 cm³/mol. The molecule has 0 aliphatic carbocycles. The fourth-order valence-corrected chi connectivity index (χ4v) is 3.48. The van der Waals surface area contributed by atoms with E-state index >= 15 is 0 Å². The number of hydrogen-bond donors (Lipinski definition) is 0. The maximum atomic E-state index is 12.7. The van der Waals surface area contributed by atoms with Gasteiger partial charge >= 0.3 is 0 Å². The molecule has 2 aromatic rings. The Bertz CT molecular complexity index is 841. The van der Waals surface area contributed by atoms with E-state index < -0.39 is 0 Å². The summed E-state index contributed by atoms with van der Waals surface area (Å²) >= 11 is 5.87. The van der Waals surface area contributed by atoms with Gasteiger partial charge in [-0.25, -0.2) is 0 Å². The van der Waals surface area contributed by atoms with Crippen molar-refractivity contribution in [2.45, 2.75) is 13.0 Å². The SMILES string of the molecule is COc1cc2c(cc1OC)CN(C(=O)CN(C)CCOc1ccc(Cl)cc1)CC2. The maximum absolute atomic E-state index is 12.7. The molecule has 1 aliphatic rings. The molecular weight excluding hydrogens is 392 g/mol. The van der Waals surface area contributed by atoms with Crippen LogP contribution in [0.4, 0.5) is 0 Å². The van der Waals surface area contributed by atoms with Gasteiger partial charge in [-0.1, -0.05) is 11.6 Å². The Balaban J connectivity index is 1.50. The van der Waals surface area contributed by atoms with Crippen LogP contribution in [0.25, 0.3) is 0 Å². The summed E-state index contributed by atoms with van der Waals surface area (Å²) in [6, 6.07) is 11.2. The second kappa shape index (κ2) is 9.85. The molecule has 0 atom stereocenters. The summed E-state index contributed by atoms with van der Waals surface area (Å²) in [6.45, 7) is 2.81. The van der Waals surface area contributed by atoms with Gasteiger partial charge in [-0.05, 0) is 61.0 Å². The summed E-state index contributed by atoms with van der Waals surface area (Å²) in [5, 5.41) is 0.680. The third-order valence-electron chi connectivity index (χ3n) is 5.03. The lowest BCUT2D eigenvalue weighted by Crippen LogP contribution is -2.42. The van der Waals surface area contributed by atoms with Crippen molar-refractivity contribution in [3.05, 3.63) is 52.5 Å². The molecule has 0 spiro atoms. The predicted octanol–water partition coefficient (Wildman–Crippen LogP) is 3.25. The fourth-order valence-electron chi connectivity index (χ4n) is 3.36. The summed E-state index contributed by atoms with van der Waals surface area (Å²) in [7, 11) is 5.18. The van der Waals surface area contributed by atoms with Crippen LogP contribution in [0.2, 0.25) is 5.02 Å². The van der Waals surface area contributed by atoms with Crippen LogP contribution >= 0.6 is 11.6 Å². The number of fused-ring (bicyclic) bond motifs is 1. The summed E-state index contributed by atoms with van der Waals surface area (Å²) in [4.78, 5) is 16.6. The van der Waals surface area contributed by atoms with Crippen LogP contribution in [-0.4, -0.2) is 63.2 Å². The van der Waals surface area contributed by atoms with Gasteiger partial charge in [-0.2, -0.15) is 0 Å². The Hall–Kier alpha value is -2.44. The molecule has 0 unspecified atom stereocenters. The van der Waals surface area contributed by atoms with E-state index in [2.05, 4.69) is 0 Å². The summed E-state index contributed by atoms with van der Waals surface area (Å²) in [6.07, 6.45) is 0.810. The van der Waals surface area contributed by atoms with Crippen LogP contribution in [0.15, 0.2) is 36.4 Å². The van der Waals surface area contributed by atoms with Gasteiger partial charge in [0.2, 0.25) is 5.91 Å². The minimum atomic E-state index is 0.111. The molecule has 1 amide bonds. The average molecular weight is 419 g/mol. The summed E-state index contributed by atoms with van der Waals surface area (Å²) in [5.74, 6) is 2.30. The molecule has 0 bridgehead atoms. The molecule has 2 aromatic carbocycles. The topological polar surface area (TPSA) is 51.2 Å². The molecule has 0 fully saturated rings. The minimum Gasteiger partial charge on any atom is -0.493 e. The van der Waals surface area contributed by atoms with Gasteiger partial charge in [0.15, 0.2) is 11.5 Å². The second-order valence-corrected chi connectivity index (χ2v) is 7.52. The fraction of sp³-hybridized carbons (Fsp3) is 0.409.